The maximum absolute atomic E-state index is 10.1. The molecular weight excluding hydrogens is 128 g/mol. The van der Waals surface area contributed by atoms with E-state index in [4.69, 9.17) is 4.55 Å². The van der Waals surface area contributed by atoms with Gasteiger partial charge in [-0.3, -0.25) is 4.55 Å². The largest absolute Gasteiger partial charge is 0.336 e. The highest BCUT2D eigenvalue weighted by Crippen LogP contribution is 1.90. The Bertz CT molecular complexity index is 183. The van der Waals surface area contributed by atoms with Gasteiger partial charge in [0.1, 0.15) is 0 Å². The Labute approximate surface area is 48.2 Å². The molecule has 0 fully saturated rings. The van der Waals surface area contributed by atoms with Gasteiger partial charge < -0.3 is 4.98 Å². The van der Waals surface area contributed by atoms with Crippen molar-refractivity contribution in [2.75, 3.05) is 0 Å². The molecule has 1 aromatic heterocycles. The molecule has 1 atom stereocenters. The van der Waals surface area contributed by atoms with Gasteiger partial charge in [-0.2, -0.15) is 0 Å². The first-order valence-electron chi connectivity index (χ1n) is 1.91. The summed E-state index contributed by atoms with van der Waals surface area (Å²) in [6, 6.07) is 0. The van der Waals surface area contributed by atoms with Gasteiger partial charge in [0.25, 0.3) is 0 Å². The lowest BCUT2D eigenvalue weighted by molar-refractivity contribution is 0.557. The molecule has 5 heteroatoms. The van der Waals surface area contributed by atoms with E-state index in [1.54, 1.807) is 0 Å². The Hall–Kier alpha value is -0.680. The predicted molar refractivity (Wildman–Crippen MR) is 27.6 cm³/mol. The summed E-state index contributed by atoms with van der Waals surface area (Å²) >= 11 is -1.96. The molecule has 8 heavy (non-hydrogen) atoms. The van der Waals surface area contributed by atoms with E-state index < -0.39 is 11.1 Å². The molecule has 1 unspecified atom stereocenters. The number of aromatic nitrogens is 2. The van der Waals surface area contributed by atoms with Gasteiger partial charge in [-0.05, 0) is 0 Å². The first-order valence-corrected chi connectivity index (χ1v) is 3.01. The second kappa shape index (κ2) is 2.06. The van der Waals surface area contributed by atoms with Gasteiger partial charge in [0.05, 0.1) is 0 Å². The van der Waals surface area contributed by atoms with Gasteiger partial charge in [0.15, 0.2) is 0 Å². The zero-order valence-corrected chi connectivity index (χ0v) is 4.68. The van der Waals surface area contributed by atoms with E-state index in [9.17, 15) is 4.21 Å². The number of rotatable bonds is 1. The van der Waals surface area contributed by atoms with Crippen molar-refractivity contribution in [2.24, 2.45) is 0 Å². The Morgan fingerprint density at radius 2 is 2.62 bits per heavy atom. The molecule has 0 saturated carbocycles. The lowest BCUT2D eigenvalue weighted by Crippen LogP contribution is -1.88. The number of aromatic amines is 1. The van der Waals surface area contributed by atoms with E-state index in [1.807, 2.05) is 0 Å². The average molecular weight is 132 g/mol. The normalized spacial score (nSPS) is 13.6. The van der Waals surface area contributed by atoms with E-state index in [0.29, 0.717) is 0 Å². The summed E-state index contributed by atoms with van der Waals surface area (Å²) in [7, 11) is 0. The van der Waals surface area contributed by atoms with E-state index in [2.05, 4.69) is 9.97 Å². The van der Waals surface area contributed by atoms with Crippen LogP contribution in [0.1, 0.15) is 0 Å². The molecule has 4 nitrogen and oxygen atoms in total. The van der Waals surface area contributed by atoms with Gasteiger partial charge in [0.2, 0.25) is 16.2 Å². The fourth-order valence-corrected chi connectivity index (χ4v) is 0.666. The molecule has 0 aliphatic heterocycles. The second-order valence-corrected chi connectivity index (χ2v) is 2.03. The van der Waals surface area contributed by atoms with Crippen LogP contribution in [0.25, 0.3) is 0 Å². The van der Waals surface area contributed by atoms with Crippen molar-refractivity contribution in [1.82, 2.24) is 9.97 Å². The lowest BCUT2D eigenvalue weighted by atomic mass is 11.0. The van der Waals surface area contributed by atoms with Crippen molar-refractivity contribution >= 4 is 11.1 Å². The quantitative estimate of drug-likeness (QED) is 0.528. The molecule has 2 N–H and O–H groups in total. The summed E-state index contributed by atoms with van der Waals surface area (Å²) in [6.07, 6.45) is 2.91. The zero-order chi connectivity index (χ0) is 5.98. The number of hydrogen-bond acceptors (Lipinski definition) is 2. The van der Waals surface area contributed by atoms with Gasteiger partial charge in [-0.15, -0.1) is 0 Å². The van der Waals surface area contributed by atoms with Crippen molar-refractivity contribution in [3.63, 3.8) is 0 Å². The van der Waals surface area contributed by atoms with Crippen LogP contribution in [0.3, 0.4) is 0 Å². The van der Waals surface area contributed by atoms with Gasteiger partial charge in [0, 0.05) is 12.4 Å². The SMILES string of the molecule is O=S(O)c1ncc[nH]1. The van der Waals surface area contributed by atoms with E-state index in [1.165, 1.54) is 12.4 Å². The van der Waals surface area contributed by atoms with Crippen molar-refractivity contribution in [3.8, 4) is 0 Å². The zero-order valence-electron chi connectivity index (χ0n) is 3.87. The highest BCUT2D eigenvalue weighted by atomic mass is 32.2. The molecule has 1 heterocycles. The lowest BCUT2D eigenvalue weighted by Gasteiger charge is -1.80. The summed E-state index contributed by atoms with van der Waals surface area (Å²) in [5.74, 6) is 0. The van der Waals surface area contributed by atoms with Gasteiger partial charge in [-0.1, -0.05) is 0 Å². The minimum absolute atomic E-state index is 0.0880. The molecule has 1 rings (SSSR count). The van der Waals surface area contributed by atoms with E-state index in [0.717, 1.165) is 0 Å². The van der Waals surface area contributed by atoms with Crippen molar-refractivity contribution in [3.05, 3.63) is 12.4 Å². The molecule has 0 radical (unpaired) electrons. The number of hydrogen-bond donors (Lipinski definition) is 2. The highest BCUT2D eigenvalue weighted by Gasteiger charge is 1.97. The molecule has 0 saturated heterocycles. The first kappa shape index (κ1) is 5.46. The Morgan fingerprint density at radius 3 is 2.88 bits per heavy atom. The summed E-state index contributed by atoms with van der Waals surface area (Å²) < 4.78 is 18.4. The maximum Gasteiger partial charge on any atom is 0.224 e. The molecule has 0 bridgehead atoms. The summed E-state index contributed by atoms with van der Waals surface area (Å²) in [6.45, 7) is 0. The van der Waals surface area contributed by atoms with Crippen LogP contribution < -0.4 is 0 Å². The average Bonchev–Trinajstić information content (AvgIpc) is 2.12. The molecule has 0 aromatic carbocycles. The standard InChI is InChI=1S/C3H4N2O2S/c6-8(7)3-4-1-2-5-3/h1-2H,(H,4,5)(H,6,7). The fraction of sp³-hybridized carbons (Fsp3) is 0. The minimum Gasteiger partial charge on any atom is -0.336 e. The number of nitrogens with zero attached hydrogens (tertiary/aromatic N) is 1. The van der Waals surface area contributed by atoms with E-state index in [-0.39, 0.29) is 5.16 Å². The van der Waals surface area contributed by atoms with Crippen LogP contribution in [0.15, 0.2) is 17.6 Å². The van der Waals surface area contributed by atoms with Crippen LogP contribution >= 0.6 is 0 Å². The third kappa shape index (κ3) is 0.932. The molecule has 0 spiro atoms. The number of nitrogens with one attached hydrogen (secondary N) is 1. The van der Waals surface area contributed by atoms with Crippen molar-refractivity contribution < 1.29 is 8.76 Å². The summed E-state index contributed by atoms with van der Waals surface area (Å²) in [4.78, 5) is 5.99. The highest BCUT2D eigenvalue weighted by molar-refractivity contribution is 7.79. The van der Waals surface area contributed by atoms with Crippen LogP contribution in [0.4, 0.5) is 0 Å². The summed E-state index contributed by atoms with van der Waals surface area (Å²) in [5.41, 5.74) is 0. The van der Waals surface area contributed by atoms with E-state index >= 15 is 0 Å². The molecule has 0 aliphatic rings. The number of H-pyrrole nitrogens is 1. The van der Waals surface area contributed by atoms with Crippen LogP contribution in [0.2, 0.25) is 0 Å². The van der Waals surface area contributed by atoms with Gasteiger partial charge >= 0.3 is 0 Å². The van der Waals surface area contributed by atoms with Crippen molar-refractivity contribution in [1.29, 1.82) is 0 Å². The Morgan fingerprint density at radius 1 is 1.88 bits per heavy atom. The maximum atomic E-state index is 10.1. The third-order valence-electron chi connectivity index (χ3n) is 0.639. The molecule has 1 aromatic rings. The Balaban J connectivity index is 2.93. The summed E-state index contributed by atoms with van der Waals surface area (Å²) in [5, 5.41) is 0.0880. The van der Waals surface area contributed by atoms with Crippen LogP contribution in [0, 0.1) is 0 Å². The Kier molecular flexibility index (Phi) is 1.40. The molecular formula is C3H4N2O2S. The van der Waals surface area contributed by atoms with Crippen LogP contribution in [-0.4, -0.2) is 18.7 Å². The van der Waals surface area contributed by atoms with Crippen LogP contribution in [0.5, 0.6) is 0 Å². The number of imidazole rings is 1. The monoisotopic (exact) mass is 132 g/mol. The smallest absolute Gasteiger partial charge is 0.224 e. The van der Waals surface area contributed by atoms with Crippen LogP contribution in [-0.2, 0) is 11.1 Å². The minimum atomic E-state index is -1.96. The second-order valence-electron chi connectivity index (χ2n) is 1.14. The molecule has 0 aliphatic carbocycles. The molecule has 0 amide bonds. The molecule has 44 valence electrons. The predicted octanol–water partition coefficient (Wildman–Crippen LogP) is -0.00970. The first-order chi connectivity index (χ1) is 3.80. The van der Waals surface area contributed by atoms with Crippen molar-refractivity contribution in [2.45, 2.75) is 5.16 Å². The van der Waals surface area contributed by atoms with Gasteiger partial charge in [-0.25, -0.2) is 9.19 Å². The fourth-order valence-electron chi connectivity index (χ4n) is 0.346. The third-order valence-corrected chi connectivity index (χ3v) is 1.19. The topological polar surface area (TPSA) is 66.0 Å².